The first-order valence-corrected chi connectivity index (χ1v) is 9.23. The highest BCUT2D eigenvalue weighted by molar-refractivity contribution is 7.98. The highest BCUT2D eigenvalue weighted by Crippen LogP contribution is 2.29. The van der Waals surface area contributed by atoms with Gasteiger partial charge in [-0.2, -0.15) is 0 Å². The Labute approximate surface area is 149 Å². The molecule has 24 heavy (non-hydrogen) atoms. The van der Waals surface area contributed by atoms with Crippen molar-refractivity contribution < 1.29 is 9.53 Å². The fourth-order valence-electron chi connectivity index (χ4n) is 2.51. The fraction of sp³-hybridized carbons (Fsp3) is 0.350. The summed E-state index contributed by atoms with van der Waals surface area (Å²) in [5.41, 5.74) is 3.02. The Morgan fingerprint density at radius 3 is 2.33 bits per heavy atom. The van der Waals surface area contributed by atoms with Crippen LogP contribution >= 0.6 is 11.8 Å². The van der Waals surface area contributed by atoms with E-state index < -0.39 is 0 Å². The Morgan fingerprint density at radius 2 is 1.75 bits per heavy atom. The second kappa shape index (κ2) is 8.78. The summed E-state index contributed by atoms with van der Waals surface area (Å²) in [5, 5.41) is 0. The van der Waals surface area contributed by atoms with E-state index in [9.17, 15) is 4.79 Å². The van der Waals surface area contributed by atoms with Gasteiger partial charge in [-0.3, -0.25) is 4.79 Å². The quantitative estimate of drug-likeness (QED) is 0.678. The predicted molar refractivity (Wildman–Crippen MR) is 101 cm³/mol. The van der Waals surface area contributed by atoms with E-state index >= 15 is 0 Å². The molecular weight excluding hydrogens is 318 g/mol. The third kappa shape index (κ3) is 4.54. The number of aryl methyl sites for hydroxylation is 1. The van der Waals surface area contributed by atoms with Gasteiger partial charge in [-0.05, 0) is 51.1 Å². The Balaban J connectivity index is 2.19. The number of hydrogen-bond acceptors (Lipinski definition) is 3. The molecule has 0 radical (unpaired) electrons. The van der Waals surface area contributed by atoms with Crippen molar-refractivity contribution >= 4 is 17.7 Å². The number of nitrogens with zero attached hydrogens (tertiary/aromatic N) is 1. The molecule has 0 saturated heterocycles. The van der Waals surface area contributed by atoms with Crippen molar-refractivity contribution in [1.29, 1.82) is 0 Å². The van der Waals surface area contributed by atoms with Crippen molar-refractivity contribution in [3.8, 4) is 5.75 Å². The van der Waals surface area contributed by atoms with Crippen molar-refractivity contribution in [3.63, 3.8) is 0 Å². The van der Waals surface area contributed by atoms with Crippen LogP contribution in [0.2, 0.25) is 0 Å². The van der Waals surface area contributed by atoms with Crippen molar-refractivity contribution in [1.82, 2.24) is 4.90 Å². The third-order valence-corrected chi connectivity index (χ3v) is 5.05. The van der Waals surface area contributed by atoms with Crippen molar-refractivity contribution in [2.75, 3.05) is 20.2 Å². The Kier molecular flexibility index (Phi) is 6.73. The Bertz CT molecular complexity index is 679. The van der Waals surface area contributed by atoms with Crippen molar-refractivity contribution in [3.05, 3.63) is 59.2 Å². The standard InChI is InChI=1S/C20H25NO2S/c1-5-21(6-2)20(22)16-9-12-19(23-4)17(13-16)14-24-18-10-7-15(3)8-11-18/h7-13H,5-6,14H2,1-4H3. The summed E-state index contributed by atoms with van der Waals surface area (Å²) in [6, 6.07) is 14.2. The van der Waals surface area contributed by atoms with Crippen LogP contribution in [0.5, 0.6) is 5.75 Å². The molecule has 3 nitrogen and oxygen atoms in total. The number of thioether (sulfide) groups is 1. The predicted octanol–water partition coefficient (Wildman–Crippen LogP) is 4.78. The van der Waals surface area contributed by atoms with Crippen LogP contribution < -0.4 is 4.74 Å². The van der Waals surface area contributed by atoms with Crippen LogP contribution in [0.1, 0.15) is 35.3 Å². The number of rotatable bonds is 7. The summed E-state index contributed by atoms with van der Waals surface area (Å²) in [4.78, 5) is 15.6. The summed E-state index contributed by atoms with van der Waals surface area (Å²) in [6.45, 7) is 7.52. The number of carbonyl (C=O) groups is 1. The van der Waals surface area contributed by atoms with Gasteiger partial charge in [0.1, 0.15) is 5.75 Å². The highest BCUT2D eigenvalue weighted by atomic mass is 32.2. The lowest BCUT2D eigenvalue weighted by molar-refractivity contribution is 0.0773. The minimum absolute atomic E-state index is 0.0734. The zero-order valence-corrected chi connectivity index (χ0v) is 15.7. The largest absolute Gasteiger partial charge is 0.496 e. The molecule has 4 heteroatoms. The van der Waals surface area contributed by atoms with E-state index in [2.05, 4.69) is 31.2 Å². The summed E-state index contributed by atoms with van der Waals surface area (Å²) in [6.07, 6.45) is 0. The van der Waals surface area contributed by atoms with E-state index in [-0.39, 0.29) is 5.91 Å². The summed E-state index contributed by atoms with van der Waals surface area (Å²) in [5.74, 6) is 1.67. The smallest absolute Gasteiger partial charge is 0.253 e. The maximum Gasteiger partial charge on any atom is 0.253 e. The molecule has 0 atom stereocenters. The van der Waals surface area contributed by atoms with Gasteiger partial charge in [-0.1, -0.05) is 17.7 Å². The molecule has 2 aromatic carbocycles. The normalized spacial score (nSPS) is 10.5. The lowest BCUT2D eigenvalue weighted by atomic mass is 10.1. The highest BCUT2D eigenvalue weighted by Gasteiger charge is 2.15. The van der Waals surface area contributed by atoms with E-state index in [1.807, 2.05) is 36.9 Å². The van der Waals surface area contributed by atoms with Gasteiger partial charge < -0.3 is 9.64 Å². The maximum absolute atomic E-state index is 12.5. The first kappa shape index (κ1) is 18.4. The topological polar surface area (TPSA) is 29.5 Å². The number of benzene rings is 2. The van der Waals surface area contributed by atoms with E-state index in [1.54, 1.807) is 18.9 Å². The first-order chi connectivity index (χ1) is 11.6. The zero-order valence-electron chi connectivity index (χ0n) is 14.8. The summed E-state index contributed by atoms with van der Waals surface area (Å²) < 4.78 is 5.46. The number of amides is 1. The average molecular weight is 343 g/mol. The van der Waals surface area contributed by atoms with Gasteiger partial charge in [0.05, 0.1) is 7.11 Å². The van der Waals surface area contributed by atoms with Crippen LogP contribution in [0.15, 0.2) is 47.4 Å². The molecule has 0 fully saturated rings. The number of carbonyl (C=O) groups excluding carboxylic acids is 1. The molecule has 0 aromatic heterocycles. The molecule has 0 aliphatic heterocycles. The molecule has 0 unspecified atom stereocenters. The van der Waals surface area contributed by atoms with Crippen LogP contribution in [-0.2, 0) is 5.75 Å². The molecule has 2 aromatic rings. The Morgan fingerprint density at radius 1 is 1.08 bits per heavy atom. The second-order valence-electron chi connectivity index (χ2n) is 5.61. The van der Waals surface area contributed by atoms with Gasteiger partial charge in [-0.15, -0.1) is 11.8 Å². The van der Waals surface area contributed by atoms with E-state index in [4.69, 9.17) is 4.74 Å². The monoisotopic (exact) mass is 343 g/mol. The molecule has 2 rings (SSSR count). The van der Waals surface area contributed by atoms with Gasteiger partial charge in [0.25, 0.3) is 5.91 Å². The molecule has 0 heterocycles. The maximum atomic E-state index is 12.5. The van der Waals surface area contributed by atoms with Crippen LogP contribution in [-0.4, -0.2) is 31.0 Å². The van der Waals surface area contributed by atoms with Crippen LogP contribution in [0.25, 0.3) is 0 Å². The third-order valence-electron chi connectivity index (χ3n) is 3.99. The fourth-order valence-corrected chi connectivity index (χ4v) is 3.39. The SMILES string of the molecule is CCN(CC)C(=O)c1ccc(OC)c(CSc2ccc(C)cc2)c1. The summed E-state index contributed by atoms with van der Waals surface area (Å²) >= 11 is 1.75. The molecule has 0 N–H and O–H groups in total. The van der Waals surface area contributed by atoms with Crippen LogP contribution in [0.4, 0.5) is 0 Å². The number of hydrogen-bond donors (Lipinski definition) is 0. The second-order valence-corrected chi connectivity index (χ2v) is 6.65. The van der Waals surface area contributed by atoms with Crippen molar-refractivity contribution in [2.45, 2.75) is 31.4 Å². The Hall–Kier alpha value is -1.94. The zero-order chi connectivity index (χ0) is 17.5. The van der Waals surface area contributed by atoms with Crippen LogP contribution in [0, 0.1) is 6.92 Å². The molecule has 0 aliphatic rings. The minimum atomic E-state index is 0.0734. The van der Waals surface area contributed by atoms with Gasteiger partial charge in [0, 0.05) is 34.9 Å². The van der Waals surface area contributed by atoms with E-state index in [0.29, 0.717) is 0 Å². The van der Waals surface area contributed by atoms with Gasteiger partial charge in [0.2, 0.25) is 0 Å². The van der Waals surface area contributed by atoms with Gasteiger partial charge >= 0.3 is 0 Å². The molecule has 128 valence electrons. The molecule has 0 saturated carbocycles. The lowest BCUT2D eigenvalue weighted by Crippen LogP contribution is -2.30. The molecule has 0 spiro atoms. The van der Waals surface area contributed by atoms with E-state index in [1.165, 1.54) is 10.5 Å². The first-order valence-electron chi connectivity index (χ1n) is 8.24. The molecular formula is C20H25NO2S. The van der Waals surface area contributed by atoms with Gasteiger partial charge in [-0.25, -0.2) is 0 Å². The summed E-state index contributed by atoms with van der Waals surface area (Å²) in [7, 11) is 1.67. The lowest BCUT2D eigenvalue weighted by Gasteiger charge is -2.19. The average Bonchev–Trinajstić information content (AvgIpc) is 2.62. The van der Waals surface area contributed by atoms with Crippen molar-refractivity contribution in [2.24, 2.45) is 0 Å². The van der Waals surface area contributed by atoms with Crippen LogP contribution in [0.3, 0.4) is 0 Å². The molecule has 1 amide bonds. The molecule has 0 aliphatic carbocycles. The number of ether oxygens (including phenoxy) is 1. The van der Waals surface area contributed by atoms with Gasteiger partial charge in [0.15, 0.2) is 0 Å². The minimum Gasteiger partial charge on any atom is -0.496 e. The molecule has 0 bridgehead atoms. The van der Waals surface area contributed by atoms with E-state index in [0.717, 1.165) is 35.7 Å². The number of methoxy groups -OCH3 is 1.